The van der Waals surface area contributed by atoms with Crippen LogP contribution < -0.4 is 4.72 Å². The Morgan fingerprint density at radius 2 is 2.00 bits per heavy atom. The van der Waals surface area contributed by atoms with Gasteiger partial charge in [0.2, 0.25) is 10.0 Å². The van der Waals surface area contributed by atoms with E-state index >= 15 is 0 Å². The Morgan fingerprint density at radius 3 is 2.72 bits per heavy atom. The molecule has 0 bridgehead atoms. The predicted octanol–water partition coefficient (Wildman–Crippen LogP) is 3.38. The van der Waals surface area contributed by atoms with Gasteiger partial charge in [-0.2, -0.15) is 5.10 Å². The highest BCUT2D eigenvalue weighted by Gasteiger charge is 2.36. The van der Waals surface area contributed by atoms with E-state index in [1.54, 1.807) is 29.3 Å². The number of aryl methyl sites for hydroxylation is 1. The van der Waals surface area contributed by atoms with E-state index in [4.69, 9.17) is 11.6 Å². The number of nitrogens with one attached hydrogen (secondary N) is 1. The van der Waals surface area contributed by atoms with E-state index in [-0.39, 0.29) is 16.2 Å². The van der Waals surface area contributed by atoms with Gasteiger partial charge in [0.25, 0.3) is 0 Å². The van der Waals surface area contributed by atoms with Crippen molar-refractivity contribution in [2.45, 2.75) is 18.1 Å². The third kappa shape index (κ3) is 3.47. The summed E-state index contributed by atoms with van der Waals surface area (Å²) in [5, 5.41) is 4.06. The summed E-state index contributed by atoms with van der Waals surface area (Å²) in [6.07, 6.45) is 6.78. The molecule has 1 aliphatic carbocycles. The number of hydrogen-bond acceptors (Lipinski definition) is 5. The molecule has 0 amide bonds. The molecule has 29 heavy (non-hydrogen) atoms. The number of aromatic nitrogens is 5. The van der Waals surface area contributed by atoms with Gasteiger partial charge in [-0.05, 0) is 36.6 Å². The molecule has 1 fully saturated rings. The van der Waals surface area contributed by atoms with Crippen LogP contribution in [0, 0.1) is 0 Å². The van der Waals surface area contributed by atoms with Crippen LogP contribution in [0.4, 0.5) is 5.82 Å². The van der Waals surface area contributed by atoms with Gasteiger partial charge in [-0.1, -0.05) is 17.7 Å². The molecule has 0 radical (unpaired) electrons. The average molecular weight is 429 g/mol. The Kier molecular flexibility index (Phi) is 4.11. The molecule has 0 aliphatic heterocycles. The molecule has 4 aromatic rings. The van der Waals surface area contributed by atoms with Crippen molar-refractivity contribution in [1.82, 2.24) is 24.3 Å². The van der Waals surface area contributed by atoms with E-state index in [1.165, 1.54) is 0 Å². The molecular weight excluding hydrogens is 412 g/mol. The molecule has 1 aliphatic rings. The van der Waals surface area contributed by atoms with Gasteiger partial charge in [0.05, 0.1) is 28.2 Å². The van der Waals surface area contributed by atoms with Gasteiger partial charge in [-0.15, -0.1) is 0 Å². The molecule has 3 heterocycles. The maximum absolute atomic E-state index is 12.2. The molecule has 0 atom stereocenters. The van der Waals surface area contributed by atoms with E-state index in [9.17, 15) is 8.42 Å². The van der Waals surface area contributed by atoms with Gasteiger partial charge >= 0.3 is 0 Å². The molecule has 10 heteroatoms. The smallest absolute Gasteiger partial charge is 0.236 e. The monoisotopic (exact) mass is 428 g/mol. The second-order valence-corrected chi connectivity index (χ2v) is 9.45. The number of pyridine rings is 1. The first-order valence-electron chi connectivity index (χ1n) is 9.05. The molecule has 3 aromatic heterocycles. The van der Waals surface area contributed by atoms with Crippen molar-refractivity contribution < 1.29 is 8.42 Å². The Morgan fingerprint density at radius 1 is 1.17 bits per heavy atom. The van der Waals surface area contributed by atoms with Crippen molar-refractivity contribution in [3.63, 3.8) is 0 Å². The fourth-order valence-corrected chi connectivity index (χ4v) is 4.77. The number of nitrogens with zero attached hydrogens (tertiary/aromatic N) is 5. The van der Waals surface area contributed by atoms with E-state index in [0.29, 0.717) is 18.5 Å². The SMILES string of the molecule is Cn1cc(-c2ccc3c(c2)ncn3-c2cc(Cl)nc(NS(=O)(=O)C3CC3)c2)cn1. The Balaban J connectivity index is 1.53. The van der Waals surface area contributed by atoms with Crippen LogP contribution >= 0.6 is 11.6 Å². The standard InChI is InChI=1S/C19H17ClN6O2S/c1-25-10-13(9-22-25)12-2-5-17-16(6-12)21-11-26(17)14-7-18(20)23-19(8-14)24-29(27,28)15-3-4-15/h2,5-11,15H,3-4H2,1H3,(H,23,24). The molecule has 1 saturated carbocycles. The van der Waals surface area contributed by atoms with Gasteiger partial charge in [-0.3, -0.25) is 14.0 Å². The van der Waals surface area contributed by atoms with Crippen LogP contribution in [-0.2, 0) is 17.1 Å². The van der Waals surface area contributed by atoms with E-state index < -0.39 is 10.0 Å². The summed E-state index contributed by atoms with van der Waals surface area (Å²) in [6.45, 7) is 0. The lowest BCUT2D eigenvalue weighted by Crippen LogP contribution is -2.18. The van der Waals surface area contributed by atoms with Crippen LogP contribution in [0.15, 0.2) is 49.1 Å². The summed E-state index contributed by atoms with van der Waals surface area (Å²) in [5.41, 5.74) is 4.37. The van der Waals surface area contributed by atoms with Crippen LogP contribution in [0.5, 0.6) is 0 Å². The highest BCUT2D eigenvalue weighted by Crippen LogP contribution is 2.31. The summed E-state index contributed by atoms with van der Waals surface area (Å²) in [6, 6.07) is 9.28. The zero-order valence-corrected chi connectivity index (χ0v) is 17.0. The summed E-state index contributed by atoms with van der Waals surface area (Å²) in [5.74, 6) is 0.202. The van der Waals surface area contributed by atoms with Crippen LogP contribution in [-0.4, -0.2) is 38.0 Å². The summed E-state index contributed by atoms with van der Waals surface area (Å²) in [4.78, 5) is 8.60. The first-order chi connectivity index (χ1) is 13.9. The van der Waals surface area contributed by atoms with Gasteiger partial charge in [0.1, 0.15) is 17.3 Å². The Bertz CT molecular complexity index is 1340. The zero-order chi connectivity index (χ0) is 20.2. The molecule has 148 valence electrons. The van der Waals surface area contributed by atoms with E-state index in [0.717, 1.165) is 22.2 Å². The first-order valence-corrected chi connectivity index (χ1v) is 11.0. The number of fused-ring (bicyclic) bond motifs is 1. The molecule has 0 spiro atoms. The Labute approximate surface area is 172 Å². The summed E-state index contributed by atoms with van der Waals surface area (Å²) >= 11 is 6.16. The largest absolute Gasteiger partial charge is 0.299 e. The highest BCUT2D eigenvalue weighted by molar-refractivity contribution is 7.93. The molecule has 0 saturated heterocycles. The second kappa shape index (κ2) is 6.57. The number of anilines is 1. The third-order valence-corrected chi connectivity index (χ3v) is 6.89. The third-order valence-electron chi connectivity index (χ3n) is 4.85. The van der Waals surface area contributed by atoms with Gasteiger partial charge in [-0.25, -0.2) is 18.4 Å². The van der Waals surface area contributed by atoms with Crippen LogP contribution in [0.1, 0.15) is 12.8 Å². The lowest BCUT2D eigenvalue weighted by molar-refractivity contribution is 0.600. The molecule has 1 aromatic carbocycles. The fourth-order valence-electron chi connectivity index (χ4n) is 3.25. The van der Waals surface area contributed by atoms with Crippen molar-refractivity contribution in [2.75, 3.05) is 4.72 Å². The summed E-state index contributed by atoms with van der Waals surface area (Å²) in [7, 11) is -1.55. The van der Waals surface area contributed by atoms with Gasteiger partial charge < -0.3 is 0 Å². The summed E-state index contributed by atoms with van der Waals surface area (Å²) < 4.78 is 30.6. The number of imidazole rings is 1. The van der Waals surface area contributed by atoms with Gasteiger partial charge in [0, 0.05) is 24.9 Å². The molecule has 8 nitrogen and oxygen atoms in total. The molecule has 1 N–H and O–H groups in total. The minimum Gasteiger partial charge on any atom is -0.299 e. The molecular formula is C19H17ClN6O2S. The predicted molar refractivity (Wildman–Crippen MR) is 112 cm³/mol. The van der Waals surface area contributed by atoms with Crippen LogP contribution in [0.2, 0.25) is 5.15 Å². The van der Waals surface area contributed by atoms with E-state index in [1.807, 2.05) is 36.0 Å². The maximum Gasteiger partial charge on any atom is 0.236 e. The Hall–Kier alpha value is -2.91. The normalized spacial score (nSPS) is 14.4. The maximum atomic E-state index is 12.2. The average Bonchev–Trinajstić information content (AvgIpc) is 3.32. The van der Waals surface area contributed by atoms with Crippen molar-refractivity contribution in [2.24, 2.45) is 7.05 Å². The molecule has 5 rings (SSSR count). The fraction of sp³-hybridized carbons (Fsp3) is 0.211. The highest BCUT2D eigenvalue weighted by atomic mass is 35.5. The minimum atomic E-state index is -3.42. The van der Waals surface area contributed by atoms with Gasteiger partial charge in [0.15, 0.2) is 0 Å². The van der Waals surface area contributed by atoms with Crippen molar-refractivity contribution in [3.8, 4) is 16.8 Å². The number of sulfonamides is 1. The number of hydrogen-bond donors (Lipinski definition) is 1. The van der Waals surface area contributed by atoms with Crippen molar-refractivity contribution in [3.05, 3.63) is 54.2 Å². The lowest BCUT2D eigenvalue weighted by Gasteiger charge is -2.10. The van der Waals surface area contributed by atoms with Crippen molar-refractivity contribution in [1.29, 1.82) is 0 Å². The first kappa shape index (κ1) is 18.1. The second-order valence-electron chi connectivity index (χ2n) is 7.10. The number of rotatable bonds is 5. The van der Waals surface area contributed by atoms with Crippen LogP contribution in [0.3, 0.4) is 0 Å². The minimum absolute atomic E-state index is 0.199. The molecule has 0 unspecified atom stereocenters. The van der Waals surface area contributed by atoms with Crippen LogP contribution in [0.25, 0.3) is 27.8 Å². The van der Waals surface area contributed by atoms with Crippen molar-refractivity contribution >= 4 is 38.5 Å². The quantitative estimate of drug-likeness (QED) is 0.492. The lowest BCUT2D eigenvalue weighted by atomic mass is 10.1. The topological polar surface area (TPSA) is 94.7 Å². The number of benzene rings is 1. The number of halogens is 1. The van der Waals surface area contributed by atoms with E-state index in [2.05, 4.69) is 19.8 Å². The zero-order valence-electron chi connectivity index (χ0n) is 15.4.